The second-order valence-electron chi connectivity index (χ2n) is 5.41. The van der Waals surface area contributed by atoms with Gasteiger partial charge in [0.05, 0.1) is 11.4 Å². The molecule has 0 saturated heterocycles. The third-order valence-corrected chi connectivity index (χ3v) is 3.92. The zero-order chi connectivity index (χ0) is 16.6. The maximum absolute atomic E-state index is 14.3. The van der Waals surface area contributed by atoms with E-state index in [4.69, 9.17) is 6.42 Å². The molecule has 0 bridgehead atoms. The van der Waals surface area contributed by atoms with E-state index in [1.54, 1.807) is 50.4 Å². The Kier molecular flexibility index (Phi) is 3.71. The molecule has 1 heterocycles. The van der Waals surface area contributed by atoms with Crippen molar-refractivity contribution >= 4 is 17.3 Å². The zero-order valence-corrected chi connectivity index (χ0v) is 12.9. The molecule has 1 aliphatic rings. The van der Waals surface area contributed by atoms with E-state index >= 15 is 0 Å². The molecule has 1 aliphatic heterocycles. The molecule has 1 unspecified atom stereocenters. The molecule has 114 valence electrons. The normalized spacial score (nSPS) is 17.1. The quantitative estimate of drug-likeness (QED) is 0.746. The standard InChI is InChI=1S/C19H15FN2O/c1-4-13-9-10-17-15(11-13)18(14-7-5-6-8-16(14)20)21-12(2)19(23)22(17)3/h1,5-12H,2-3H3. The van der Waals surface area contributed by atoms with Crippen molar-refractivity contribution in [3.8, 4) is 12.3 Å². The lowest BCUT2D eigenvalue weighted by atomic mass is 9.98. The molecule has 2 aromatic carbocycles. The number of carbonyl (C=O) groups excluding carboxylic acids is 1. The molecule has 1 atom stereocenters. The van der Waals surface area contributed by atoms with Crippen LogP contribution in [0.3, 0.4) is 0 Å². The number of benzodiazepines with no additional fused rings is 1. The predicted molar refractivity (Wildman–Crippen MR) is 89.3 cm³/mol. The Morgan fingerprint density at radius 1 is 1.22 bits per heavy atom. The fourth-order valence-electron chi connectivity index (χ4n) is 2.69. The second-order valence-corrected chi connectivity index (χ2v) is 5.41. The van der Waals surface area contributed by atoms with E-state index in [1.165, 1.54) is 11.0 Å². The number of rotatable bonds is 1. The number of likely N-dealkylation sites (N-methyl/N-ethyl adjacent to an activating group) is 1. The summed E-state index contributed by atoms with van der Waals surface area (Å²) in [5, 5.41) is 0. The van der Waals surface area contributed by atoms with Gasteiger partial charge >= 0.3 is 0 Å². The number of nitrogens with zero attached hydrogens (tertiary/aromatic N) is 2. The molecule has 4 heteroatoms. The van der Waals surface area contributed by atoms with Crippen LogP contribution >= 0.6 is 0 Å². The van der Waals surface area contributed by atoms with E-state index < -0.39 is 6.04 Å². The molecule has 2 aromatic rings. The first-order valence-corrected chi connectivity index (χ1v) is 7.24. The van der Waals surface area contributed by atoms with Crippen LogP contribution in [0.1, 0.15) is 23.6 Å². The third-order valence-electron chi connectivity index (χ3n) is 3.92. The molecule has 0 N–H and O–H groups in total. The monoisotopic (exact) mass is 306 g/mol. The first-order chi connectivity index (χ1) is 11.0. The second kappa shape index (κ2) is 5.69. The first kappa shape index (κ1) is 15.0. The smallest absolute Gasteiger partial charge is 0.251 e. The van der Waals surface area contributed by atoms with Crippen molar-refractivity contribution in [2.75, 3.05) is 11.9 Å². The van der Waals surface area contributed by atoms with Gasteiger partial charge in [-0.1, -0.05) is 18.1 Å². The molecule has 23 heavy (non-hydrogen) atoms. The number of hydrogen-bond donors (Lipinski definition) is 0. The lowest BCUT2D eigenvalue weighted by Gasteiger charge is -2.19. The van der Waals surface area contributed by atoms with Crippen molar-refractivity contribution in [1.29, 1.82) is 0 Å². The van der Waals surface area contributed by atoms with Gasteiger partial charge in [0.15, 0.2) is 0 Å². The highest BCUT2D eigenvalue weighted by Crippen LogP contribution is 2.29. The van der Waals surface area contributed by atoms with Crippen molar-refractivity contribution in [3.63, 3.8) is 0 Å². The number of fused-ring (bicyclic) bond motifs is 1. The van der Waals surface area contributed by atoms with Gasteiger partial charge in [-0.15, -0.1) is 6.42 Å². The van der Waals surface area contributed by atoms with Gasteiger partial charge < -0.3 is 4.90 Å². The highest BCUT2D eigenvalue weighted by molar-refractivity contribution is 6.20. The van der Waals surface area contributed by atoms with E-state index in [9.17, 15) is 9.18 Å². The Morgan fingerprint density at radius 3 is 2.65 bits per heavy atom. The molecule has 1 amide bonds. The minimum absolute atomic E-state index is 0.147. The summed E-state index contributed by atoms with van der Waals surface area (Å²) in [5.74, 6) is 2.04. The average Bonchev–Trinajstić information content (AvgIpc) is 2.66. The number of hydrogen-bond acceptors (Lipinski definition) is 2. The van der Waals surface area contributed by atoms with Gasteiger partial charge in [-0.25, -0.2) is 4.39 Å². The van der Waals surface area contributed by atoms with Crippen LogP contribution in [0, 0.1) is 18.2 Å². The minimum atomic E-state index is -0.601. The molecule has 3 nitrogen and oxygen atoms in total. The van der Waals surface area contributed by atoms with E-state index in [1.807, 2.05) is 0 Å². The van der Waals surface area contributed by atoms with Crippen molar-refractivity contribution < 1.29 is 9.18 Å². The van der Waals surface area contributed by atoms with Crippen molar-refractivity contribution in [1.82, 2.24) is 0 Å². The largest absolute Gasteiger partial charge is 0.313 e. The third kappa shape index (κ3) is 2.51. The number of anilines is 1. The molecule has 0 radical (unpaired) electrons. The fraction of sp³-hybridized carbons (Fsp3) is 0.158. The highest BCUT2D eigenvalue weighted by atomic mass is 19.1. The molecule has 0 aromatic heterocycles. The van der Waals surface area contributed by atoms with Gasteiger partial charge in [-0.2, -0.15) is 0 Å². The van der Waals surface area contributed by atoms with Crippen LogP contribution in [-0.2, 0) is 4.79 Å². The average molecular weight is 306 g/mol. The van der Waals surface area contributed by atoms with E-state index in [-0.39, 0.29) is 11.7 Å². The SMILES string of the molecule is C#Cc1ccc2c(c1)C(c1ccccc1F)=NC(C)C(=O)N2C. The topological polar surface area (TPSA) is 32.7 Å². The number of terminal acetylenes is 1. The van der Waals surface area contributed by atoms with Gasteiger partial charge in [0.25, 0.3) is 5.91 Å². The fourth-order valence-corrected chi connectivity index (χ4v) is 2.69. The molecular weight excluding hydrogens is 291 g/mol. The van der Waals surface area contributed by atoms with Crippen LogP contribution < -0.4 is 4.90 Å². The maximum atomic E-state index is 14.3. The summed E-state index contributed by atoms with van der Waals surface area (Å²) >= 11 is 0. The van der Waals surface area contributed by atoms with Crippen LogP contribution in [0.15, 0.2) is 47.5 Å². The first-order valence-electron chi connectivity index (χ1n) is 7.24. The van der Waals surface area contributed by atoms with Gasteiger partial charge in [0.2, 0.25) is 0 Å². The summed E-state index contributed by atoms with van der Waals surface area (Å²) < 4.78 is 14.3. The Morgan fingerprint density at radius 2 is 1.96 bits per heavy atom. The molecule has 0 aliphatic carbocycles. The minimum Gasteiger partial charge on any atom is -0.313 e. The van der Waals surface area contributed by atoms with E-state index in [0.717, 1.165) is 0 Å². The van der Waals surface area contributed by atoms with Crippen molar-refractivity contribution in [2.45, 2.75) is 13.0 Å². The van der Waals surface area contributed by atoms with Crippen LogP contribution in [0.2, 0.25) is 0 Å². The maximum Gasteiger partial charge on any atom is 0.251 e. The lowest BCUT2D eigenvalue weighted by molar-refractivity contribution is -0.119. The number of carbonyl (C=O) groups is 1. The Hall–Kier alpha value is -2.93. The van der Waals surface area contributed by atoms with Crippen LogP contribution in [-0.4, -0.2) is 24.7 Å². The summed E-state index contributed by atoms with van der Waals surface area (Å²) in [7, 11) is 1.69. The number of benzene rings is 2. The van der Waals surface area contributed by atoms with Crippen molar-refractivity contribution in [2.24, 2.45) is 4.99 Å². The van der Waals surface area contributed by atoms with Gasteiger partial charge in [-0.3, -0.25) is 9.79 Å². The number of aliphatic imine (C=N–C) groups is 1. The molecular formula is C19H15FN2O. The van der Waals surface area contributed by atoms with Gasteiger partial charge in [-0.05, 0) is 37.3 Å². The predicted octanol–water partition coefficient (Wildman–Crippen LogP) is 3.01. The molecule has 0 saturated carbocycles. The summed E-state index contributed by atoms with van der Waals surface area (Å²) in [4.78, 5) is 18.4. The Bertz CT molecular complexity index is 864. The lowest BCUT2D eigenvalue weighted by Crippen LogP contribution is -2.32. The van der Waals surface area contributed by atoms with E-state index in [0.29, 0.717) is 28.1 Å². The summed E-state index contributed by atoms with van der Waals surface area (Å²) in [6.07, 6.45) is 5.48. The molecule has 3 rings (SSSR count). The van der Waals surface area contributed by atoms with Gasteiger partial charge in [0.1, 0.15) is 11.9 Å². The van der Waals surface area contributed by atoms with Crippen molar-refractivity contribution in [3.05, 3.63) is 65.0 Å². The zero-order valence-electron chi connectivity index (χ0n) is 12.9. The Balaban J connectivity index is 2.32. The highest BCUT2D eigenvalue weighted by Gasteiger charge is 2.28. The molecule has 0 fully saturated rings. The summed E-state index contributed by atoms with van der Waals surface area (Å²) in [5.41, 5.74) is 2.78. The van der Waals surface area contributed by atoms with Crippen LogP contribution in [0.25, 0.3) is 0 Å². The van der Waals surface area contributed by atoms with E-state index in [2.05, 4.69) is 10.9 Å². The summed E-state index contributed by atoms with van der Waals surface area (Å²) in [6.45, 7) is 1.70. The van der Waals surface area contributed by atoms with Crippen LogP contribution in [0.5, 0.6) is 0 Å². The Labute approximate surface area is 134 Å². The number of amides is 1. The molecule has 0 spiro atoms. The van der Waals surface area contributed by atoms with Crippen LogP contribution in [0.4, 0.5) is 10.1 Å². The van der Waals surface area contributed by atoms with Gasteiger partial charge in [0, 0.05) is 23.7 Å². The number of halogens is 1. The summed E-state index contributed by atoms with van der Waals surface area (Å²) in [6, 6.07) is 11.1.